The Hall–Kier alpha value is -2.76. The number of pyridine rings is 1. The summed E-state index contributed by atoms with van der Waals surface area (Å²) in [6.45, 7) is 1.79. The molecule has 0 fully saturated rings. The highest BCUT2D eigenvalue weighted by Crippen LogP contribution is 2.21. The largest absolute Gasteiger partial charge is 0.311 e. The number of hydrogen-bond acceptors (Lipinski definition) is 4. The second kappa shape index (κ2) is 5.26. The molecule has 2 aromatic rings. The molecular weight excluding hydrogens is 246 g/mol. The molecule has 0 aliphatic rings. The molecular formula is C13H11N3O3. The van der Waals surface area contributed by atoms with Crippen LogP contribution in [0, 0.1) is 17.0 Å². The molecule has 0 bridgehead atoms. The smallest absolute Gasteiger partial charge is 0.301 e. The monoisotopic (exact) mass is 257 g/mol. The normalized spacial score (nSPS) is 9.95. The van der Waals surface area contributed by atoms with Crippen LogP contribution < -0.4 is 5.32 Å². The molecule has 0 aliphatic carbocycles. The second-order valence-electron chi connectivity index (χ2n) is 3.90. The van der Waals surface area contributed by atoms with E-state index in [2.05, 4.69) is 10.3 Å². The first kappa shape index (κ1) is 12.7. The zero-order valence-electron chi connectivity index (χ0n) is 10.2. The van der Waals surface area contributed by atoms with Crippen molar-refractivity contribution in [3.8, 4) is 0 Å². The van der Waals surface area contributed by atoms with E-state index in [1.165, 1.54) is 18.3 Å². The van der Waals surface area contributed by atoms with Gasteiger partial charge in [-0.3, -0.25) is 14.9 Å². The number of amides is 1. The zero-order chi connectivity index (χ0) is 13.8. The summed E-state index contributed by atoms with van der Waals surface area (Å²) >= 11 is 0. The fraction of sp³-hybridized carbons (Fsp3) is 0.0769. The van der Waals surface area contributed by atoms with Gasteiger partial charge in [0.15, 0.2) is 0 Å². The van der Waals surface area contributed by atoms with Crippen molar-refractivity contribution >= 4 is 17.4 Å². The van der Waals surface area contributed by atoms with Crippen molar-refractivity contribution in [3.05, 3.63) is 63.8 Å². The molecule has 0 saturated carbocycles. The highest BCUT2D eigenvalue weighted by Gasteiger charge is 2.17. The Morgan fingerprint density at radius 3 is 2.68 bits per heavy atom. The number of carbonyl (C=O) groups excluding carboxylic acids is 1. The van der Waals surface area contributed by atoms with Gasteiger partial charge < -0.3 is 5.32 Å². The fourth-order valence-corrected chi connectivity index (χ4v) is 1.64. The highest BCUT2D eigenvalue weighted by molar-refractivity contribution is 6.05. The first-order chi connectivity index (χ1) is 9.09. The van der Waals surface area contributed by atoms with E-state index in [0.717, 1.165) is 5.56 Å². The summed E-state index contributed by atoms with van der Waals surface area (Å²) in [5, 5.41) is 13.3. The SMILES string of the molecule is Cc1ccccc1C(=O)Nc1ncccc1[N+](=O)[O-]. The van der Waals surface area contributed by atoms with E-state index in [1.54, 1.807) is 25.1 Å². The van der Waals surface area contributed by atoms with Crippen LogP contribution in [0.5, 0.6) is 0 Å². The van der Waals surface area contributed by atoms with E-state index < -0.39 is 10.8 Å². The molecule has 0 spiro atoms. The maximum Gasteiger partial charge on any atom is 0.311 e. The third kappa shape index (κ3) is 2.74. The van der Waals surface area contributed by atoms with Gasteiger partial charge >= 0.3 is 5.69 Å². The van der Waals surface area contributed by atoms with E-state index in [9.17, 15) is 14.9 Å². The van der Waals surface area contributed by atoms with Crippen LogP contribution in [0.4, 0.5) is 11.5 Å². The molecule has 1 N–H and O–H groups in total. The van der Waals surface area contributed by atoms with Gasteiger partial charge in [-0.2, -0.15) is 0 Å². The quantitative estimate of drug-likeness (QED) is 0.676. The van der Waals surface area contributed by atoms with Gasteiger partial charge in [-0.15, -0.1) is 0 Å². The Balaban J connectivity index is 2.30. The maximum absolute atomic E-state index is 12.0. The summed E-state index contributed by atoms with van der Waals surface area (Å²) < 4.78 is 0. The standard InChI is InChI=1S/C13H11N3O3/c1-9-5-2-3-6-10(9)13(17)15-12-11(16(18)19)7-4-8-14-12/h2-8H,1H3,(H,14,15,17). The van der Waals surface area contributed by atoms with Gasteiger partial charge in [-0.05, 0) is 24.6 Å². The van der Waals surface area contributed by atoms with Crippen LogP contribution in [0.25, 0.3) is 0 Å². The van der Waals surface area contributed by atoms with Crippen molar-refractivity contribution in [1.29, 1.82) is 0 Å². The minimum atomic E-state index is -0.583. The van der Waals surface area contributed by atoms with Gasteiger partial charge in [-0.1, -0.05) is 18.2 Å². The lowest BCUT2D eigenvalue weighted by molar-refractivity contribution is -0.384. The molecule has 1 heterocycles. The number of aryl methyl sites for hydroxylation is 1. The topological polar surface area (TPSA) is 85.1 Å². The van der Waals surface area contributed by atoms with Crippen LogP contribution >= 0.6 is 0 Å². The maximum atomic E-state index is 12.0. The van der Waals surface area contributed by atoms with Gasteiger partial charge in [0.1, 0.15) is 0 Å². The Morgan fingerprint density at radius 1 is 1.26 bits per heavy atom. The van der Waals surface area contributed by atoms with Gasteiger partial charge in [0, 0.05) is 17.8 Å². The van der Waals surface area contributed by atoms with Crippen LogP contribution in [0.2, 0.25) is 0 Å². The molecule has 0 atom stereocenters. The van der Waals surface area contributed by atoms with Gasteiger partial charge in [0.2, 0.25) is 5.82 Å². The summed E-state index contributed by atoms with van der Waals surface area (Å²) in [7, 11) is 0. The minimum Gasteiger partial charge on any atom is -0.301 e. The second-order valence-corrected chi connectivity index (χ2v) is 3.90. The van der Waals surface area contributed by atoms with Crippen molar-refractivity contribution in [2.75, 3.05) is 5.32 Å². The summed E-state index contributed by atoms with van der Waals surface area (Å²) in [6.07, 6.45) is 1.39. The number of nitrogens with zero attached hydrogens (tertiary/aromatic N) is 2. The number of benzene rings is 1. The number of nitro groups is 1. The third-order valence-corrected chi connectivity index (χ3v) is 2.60. The molecule has 2 rings (SSSR count). The summed E-state index contributed by atoms with van der Waals surface area (Å²) in [5.74, 6) is -0.472. The molecule has 0 radical (unpaired) electrons. The Kier molecular flexibility index (Phi) is 3.51. The molecule has 6 heteroatoms. The summed E-state index contributed by atoms with van der Waals surface area (Å²) in [4.78, 5) is 26.1. The molecule has 0 saturated heterocycles. The van der Waals surface area contributed by atoms with Gasteiger partial charge in [0.25, 0.3) is 5.91 Å². The summed E-state index contributed by atoms with van der Waals surface area (Å²) in [6, 6.07) is 9.73. The van der Waals surface area contributed by atoms with E-state index >= 15 is 0 Å². The average Bonchev–Trinajstić information content (AvgIpc) is 2.39. The van der Waals surface area contributed by atoms with Crippen LogP contribution in [0.1, 0.15) is 15.9 Å². The summed E-state index contributed by atoms with van der Waals surface area (Å²) in [5.41, 5.74) is 1.02. The molecule has 96 valence electrons. The van der Waals surface area contributed by atoms with Crippen molar-refractivity contribution in [3.63, 3.8) is 0 Å². The lowest BCUT2D eigenvalue weighted by atomic mass is 10.1. The Morgan fingerprint density at radius 2 is 2.00 bits per heavy atom. The predicted molar refractivity (Wildman–Crippen MR) is 70.0 cm³/mol. The van der Waals surface area contributed by atoms with Crippen molar-refractivity contribution in [2.45, 2.75) is 6.92 Å². The predicted octanol–water partition coefficient (Wildman–Crippen LogP) is 2.55. The number of rotatable bonds is 3. The lowest BCUT2D eigenvalue weighted by Gasteiger charge is -2.06. The van der Waals surface area contributed by atoms with E-state index in [4.69, 9.17) is 0 Å². The third-order valence-electron chi connectivity index (χ3n) is 2.60. The van der Waals surface area contributed by atoms with E-state index in [0.29, 0.717) is 5.56 Å². The fourth-order valence-electron chi connectivity index (χ4n) is 1.64. The highest BCUT2D eigenvalue weighted by atomic mass is 16.6. The Labute approximate surface area is 109 Å². The van der Waals surface area contributed by atoms with Crippen LogP contribution in [0.3, 0.4) is 0 Å². The number of carbonyl (C=O) groups is 1. The zero-order valence-corrected chi connectivity index (χ0v) is 10.2. The molecule has 0 unspecified atom stereocenters. The van der Waals surface area contributed by atoms with Gasteiger partial charge in [0.05, 0.1) is 4.92 Å². The molecule has 19 heavy (non-hydrogen) atoms. The lowest BCUT2D eigenvalue weighted by Crippen LogP contribution is -2.15. The first-order valence-electron chi connectivity index (χ1n) is 5.56. The number of anilines is 1. The molecule has 1 aromatic carbocycles. The Bertz CT molecular complexity index is 641. The minimum absolute atomic E-state index is 0.0549. The van der Waals surface area contributed by atoms with Crippen LogP contribution in [0.15, 0.2) is 42.6 Å². The first-order valence-corrected chi connectivity index (χ1v) is 5.56. The van der Waals surface area contributed by atoms with Gasteiger partial charge in [-0.25, -0.2) is 4.98 Å². The number of hydrogen-bond donors (Lipinski definition) is 1. The molecule has 1 amide bonds. The van der Waals surface area contributed by atoms with Crippen LogP contribution in [-0.2, 0) is 0 Å². The average molecular weight is 257 g/mol. The van der Waals surface area contributed by atoms with Crippen molar-refractivity contribution in [2.24, 2.45) is 0 Å². The van der Waals surface area contributed by atoms with E-state index in [1.807, 2.05) is 6.07 Å². The van der Waals surface area contributed by atoms with Crippen molar-refractivity contribution < 1.29 is 9.72 Å². The number of aromatic nitrogens is 1. The molecule has 1 aromatic heterocycles. The molecule has 0 aliphatic heterocycles. The van der Waals surface area contributed by atoms with E-state index in [-0.39, 0.29) is 11.5 Å². The van der Waals surface area contributed by atoms with Crippen LogP contribution in [-0.4, -0.2) is 15.8 Å². The number of nitrogens with one attached hydrogen (secondary N) is 1. The van der Waals surface area contributed by atoms with Crippen molar-refractivity contribution in [1.82, 2.24) is 4.98 Å². The molecule has 6 nitrogen and oxygen atoms in total.